The number of piperazine rings is 1. The average Bonchev–Trinajstić information content (AvgIpc) is 2.62. The molecule has 1 amide bonds. The highest BCUT2D eigenvalue weighted by molar-refractivity contribution is 7.89. The minimum Gasteiger partial charge on any atom is -0.369 e. The molecule has 0 spiro atoms. The van der Waals surface area contributed by atoms with E-state index in [9.17, 15) is 22.0 Å². The Kier molecular flexibility index (Phi) is 7.30. The molecule has 2 rings (SSSR count). The third-order valence-electron chi connectivity index (χ3n) is 4.47. The molecule has 6 nitrogen and oxygen atoms in total. The van der Waals surface area contributed by atoms with Gasteiger partial charge in [0, 0.05) is 32.8 Å². The largest absolute Gasteiger partial charge is 0.369 e. The molecule has 1 atom stereocenters. The van der Waals surface area contributed by atoms with E-state index in [1.54, 1.807) is 6.92 Å². The van der Waals surface area contributed by atoms with Gasteiger partial charge in [0.1, 0.15) is 22.6 Å². The number of rotatable bonds is 7. The number of sulfonamides is 1. The first kappa shape index (κ1) is 21.7. The first-order chi connectivity index (χ1) is 12.6. The van der Waals surface area contributed by atoms with Crippen LogP contribution in [0.3, 0.4) is 0 Å². The van der Waals surface area contributed by atoms with Gasteiger partial charge in [-0.05, 0) is 37.5 Å². The van der Waals surface area contributed by atoms with Crippen LogP contribution in [0.15, 0.2) is 23.1 Å². The van der Waals surface area contributed by atoms with Gasteiger partial charge in [0.2, 0.25) is 10.0 Å². The minimum absolute atomic E-state index is 0.0166. The van der Waals surface area contributed by atoms with Gasteiger partial charge < -0.3 is 9.64 Å². The number of nitrogens with zero attached hydrogens (tertiary/aromatic N) is 2. The molecule has 0 bridgehead atoms. The van der Waals surface area contributed by atoms with Crippen molar-refractivity contribution in [3.05, 3.63) is 29.8 Å². The van der Waals surface area contributed by atoms with E-state index in [1.807, 2.05) is 0 Å². The molecule has 1 aliphatic rings. The zero-order valence-corrected chi connectivity index (χ0v) is 16.6. The lowest BCUT2D eigenvalue weighted by Crippen LogP contribution is -2.52. The van der Waals surface area contributed by atoms with E-state index in [-0.39, 0.29) is 32.1 Å². The van der Waals surface area contributed by atoms with Gasteiger partial charge in [-0.2, -0.15) is 4.31 Å². The third-order valence-corrected chi connectivity index (χ3v) is 6.39. The Morgan fingerprint density at radius 3 is 2.37 bits per heavy atom. The first-order valence-electron chi connectivity index (χ1n) is 8.98. The maximum atomic E-state index is 13.9. The number of carbonyl (C=O) groups is 1. The second-order valence-electron chi connectivity index (χ2n) is 7.00. The molecule has 1 unspecified atom stereocenters. The number of halogens is 2. The molecule has 27 heavy (non-hydrogen) atoms. The standard InChI is InChI=1S/C18H26F2N2O4S/c1-13(2)6-11-26-14(3)18(23)21-7-9-22(10-8-21)27(24,25)17-12-15(19)4-5-16(17)20/h4-5,12-14H,6-11H2,1-3H3. The van der Waals surface area contributed by atoms with E-state index in [2.05, 4.69) is 13.8 Å². The first-order valence-corrected chi connectivity index (χ1v) is 10.4. The number of hydrogen-bond acceptors (Lipinski definition) is 4. The van der Waals surface area contributed by atoms with Gasteiger partial charge in [0.25, 0.3) is 5.91 Å². The van der Waals surface area contributed by atoms with E-state index in [4.69, 9.17) is 4.74 Å². The zero-order chi connectivity index (χ0) is 20.2. The van der Waals surface area contributed by atoms with Gasteiger partial charge in [-0.1, -0.05) is 13.8 Å². The Hall–Kier alpha value is -1.58. The molecule has 0 radical (unpaired) electrons. The maximum Gasteiger partial charge on any atom is 0.251 e. The van der Waals surface area contributed by atoms with Crippen molar-refractivity contribution in [1.82, 2.24) is 9.21 Å². The molecule has 0 aliphatic carbocycles. The Morgan fingerprint density at radius 1 is 1.15 bits per heavy atom. The van der Waals surface area contributed by atoms with Crippen molar-refractivity contribution < 1.29 is 26.7 Å². The van der Waals surface area contributed by atoms with E-state index >= 15 is 0 Å². The molecule has 0 N–H and O–H groups in total. The van der Waals surface area contributed by atoms with Crippen LogP contribution in [0, 0.1) is 17.6 Å². The Morgan fingerprint density at radius 2 is 1.78 bits per heavy atom. The summed E-state index contributed by atoms with van der Waals surface area (Å²) >= 11 is 0. The van der Waals surface area contributed by atoms with E-state index in [0.29, 0.717) is 18.6 Å². The van der Waals surface area contributed by atoms with Crippen molar-refractivity contribution in [2.45, 2.75) is 38.2 Å². The van der Waals surface area contributed by atoms with Crippen molar-refractivity contribution in [2.24, 2.45) is 5.92 Å². The number of amides is 1. The molecular weight excluding hydrogens is 378 g/mol. The summed E-state index contributed by atoms with van der Waals surface area (Å²) in [5, 5.41) is 0. The summed E-state index contributed by atoms with van der Waals surface area (Å²) < 4.78 is 58.9. The monoisotopic (exact) mass is 404 g/mol. The number of ether oxygens (including phenoxy) is 1. The van der Waals surface area contributed by atoms with Crippen LogP contribution in [-0.2, 0) is 19.6 Å². The van der Waals surface area contributed by atoms with Gasteiger partial charge in [0.15, 0.2) is 0 Å². The average molecular weight is 404 g/mol. The van der Waals surface area contributed by atoms with Crippen LogP contribution in [0.25, 0.3) is 0 Å². The highest BCUT2D eigenvalue weighted by Crippen LogP contribution is 2.22. The molecule has 1 aromatic rings. The lowest BCUT2D eigenvalue weighted by molar-refractivity contribution is -0.144. The lowest BCUT2D eigenvalue weighted by Gasteiger charge is -2.35. The van der Waals surface area contributed by atoms with Crippen LogP contribution in [-0.4, -0.2) is 62.4 Å². The number of hydrogen-bond donors (Lipinski definition) is 0. The topological polar surface area (TPSA) is 66.9 Å². The fraction of sp³-hybridized carbons (Fsp3) is 0.611. The summed E-state index contributed by atoms with van der Waals surface area (Å²) in [6.07, 6.45) is 0.246. The smallest absolute Gasteiger partial charge is 0.251 e. The Balaban J connectivity index is 1.96. The van der Waals surface area contributed by atoms with Gasteiger partial charge in [-0.3, -0.25) is 4.79 Å². The van der Waals surface area contributed by atoms with Crippen LogP contribution >= 0.6 is 0 Å². The van der Waals surface area contributed by atoms with Crippen molar-refractivity contribution in [2.75, 3.05) is 32.8 Å². The van der Waals surface area contributed by atoms with Gasteiger partial charge in [-0.15, -0.1) is 0 Å². The van der Waals surface area contributed by atoms with Crippen molar-refractivity contribution >= 4 is 15.9 Å². The predicted octanol–water partition coefficient (Wildman–Crippen LogP) is 2.25. The molecule has 0 saturated carbocycles. The van der Waals surface area contributed by atoms with Crippen molar-refractivity contribution in [1.29, 1.82) is 0 Å². The van der Waals surface area contributed by atoms with E-state index in [1.165, 1.54) is 4.90 Å². The Bertz CT molecular complexity index is 763. The molecule has 1 aromatic carbocycles. The van der Waals surface area contributed by atoms with Crippen LogP contribution in [0.2, 0.25) is 0 Å². The van der Waals surface area contributed by atoms with Gasteiger partial charge in [-0.25, -0.2) is 17.2 Å². The molecule has 0 aromatic heterocycles. The molecule has 1 heterocycles. The molecule has 9 heteroatoms. The minimum atomic E-state index is -4.16. The fourth-order valence-electron chi connectivity index (χ4n) is 2.77. The second kappa shape index (κ2) is 9.07. The molecule has 1 aliphatic heterocycles. The third kappa shape index (κ3) is 5.46. The van der Waals surface area contributed by atoms with Crippen LogP contribution in [0.5, 0.6) is 0 Å². The Labute approximate surface area is 159 Å². The van der Waals surface area contributed by atoms with E-state index < -0.39 is 32.7 Å². The SMILES string of the molecule is CC(C)CCOC(C)C(=O)N1CCN(S(=O)(=O)c2cc(F)ccc2F)CC1. The highest BCUT2D eigenvalue weighted by Gasteiger charge is 2.33. The van der Waals surface area contributed by atoms with E-state index in [0.717, 1.165) is 22.9 Å². The van der Waals surface area contributed by atoms with Crippen molar-refractivity contribution in [3.8, 4) is 0 Å². The van der Waals surface area contributed by atoms with Crippen LogP contribution < -0.4 is 0 Å². The molecule has 1 saturated heterocycles. The number of benzene rings is 1. The predicted molar refractivity (Wildman–Crippen MR) is 96.6 cm³/mol. The fourth-order valence-corrected chi connectivity index (χ4v) is 4.27. The number of carbonyl (C=O) groups excluding carboxylic acids is 1. The molecule has 1 fully saturated rings. The molecule has 152 valence electrons. The normalized spacial score (nSPS) is 17.3. The van der Waals surface area contributed by atoms with Crippen LogP contribution in [0.1, 0.15) is 27.2 Å². The summed E-state index contributed by atoms with van der Waals surface area (Å²) in [5.41, 5.74) is 0. The summed E-state index contributed by atoms with van der Waals surface area (Å²) in [5.74, 6) is -1.55. The summed E-state index contributed by atoms with van der Waals surface area (Å²) in [6, 6.07) is 2.33. The maximum absolute atomic E-state index is 13.9. The van der Waals surface area contributed by atoms with Gasteiger partial charge >= 0.3 is 0 Å². The summed E-state index contributed by atoms with van der Waals surface area (Å²) in [7, 11) is -4.16. The van der Waals surface area contributed by atoms with Crippen LogP contribution in [0.4, 0.5) is 8.78 Å². The zero-order valence-electron chi connectivity index (χ0n) is 15.8. The lowest BCUT2D eigenvalue weighted by atomic mass is 10.1. The molecular formula is C18H26F2N2O4S. The second-order valence-corrected chi connectivity index (χ2v) is 8.91. The van der Waals surface area contributed by atoms with Crippen molar-refractivity contribution in [3.63, 3.8) is 0 Å². The summed E-state index contributed by atoms with van der Waals surface area (Å²) in [6.45, 7) is 6.67. The quantitative estimate of drug-likeness (QED) is 0.699. The van der Waals surface area contributed by atoms with Gasteiger partial charge in [0.05, 0.1) is 0 Å². The summed E-state index contributed by atoms with van der Waals surface area (Å²) in [4.78, 5) is 13.3. The highest BCUT2D eigenvalue weighted by atomic mass is 32.2.